The number of benzene rings is 1. The zero-order valence-electron chi connectivity index (χ0n) is 13.0. The van der Waals surface area contributed by atoms with E-state index in [-0.39, 0.29) is 0 Å². The fraction of sp³-hybridized carbons (Fsp3) is 0.375. The van der Waals surface area contributed by atoms with E-state index in [1.54, 1.807) is 0 Å². The first-order chi connectivity index (χ1) is 10.1. The molecule has 2 aromatic rings. The lowest BCUT2D eigenvalue weighted by atomic mass is 10.0. The second-order valence-electron chi connectivity index (χ2n) is 5.21. The van der Waals surface area contributed by atoms with Crippen LogP contribution < -0.4 is 16.0 Å². The van der Waals surface area contributed by atoms with Crippen LogP contribution in [0.1, 0.15) is 43.6 Å². The van der Waals surface area contributed by atoms with Gasteiger partial charge in [0.25, 0.3) is 0 Å². The zero-order chi connectivity index (χ0) is 15.4. The first kappa shape index (κ1) is 15.3. The highest BCUT2D eigenvalue weighted by Gasteiger charge is 2.14. The zero-order valence-corrected chi connectivity index (χ0v) is 13.0. The van der Waals surface area contributed by atoms with E-state index in [0.29, 0.717) is 23.4 Å². The van der Waals surface area contributed by atoms with Gasteiger partial charge in [0.15, 0.2) is 0 Å². The van der Waals surface area contributed by atoms with Crippen LogP contribution in [-0.2, 0) is 6.42 Å². The van der Waals surface area contributed by atoms with Gasteiger partial charge in [-0.15, -0.1) is 0 Å². The molecule has 0 aliphatic carbocycles. The van der Waals surface area contributed by atoms with Gasteiger partial charge in [-0.3, -0.25) is 0 Å². The van der Waals surface area contributed by atoms with Crippen LogP contribution in [0.2, 0.25) is 0 Å². The number of rotatable bonds is 5. The van der Waals surface area contributed by atoms with E-state index in [9.17, 15) is 0 Å². The number of hydrogen-bond donors (Lipinski definition) is 2. The van der Waals surface area contributed by atoms with Crippen molar-refractivity contribution >= 4 is 5.82 Å². The van der Waals surface area contributed by atoms with E-state index in [2.05, 4.69) is 35.3 Å². The molecule has 3 N–H and O–H groups in total. The number of ether oxygens (including phenoxy) is 1. The van der Waals surface area contributed by atoms with Crippen molar-refractivity contribution in [2.24, 2.45) is 5.84 Å². The molecule has 0 amide bonds. The summed E-state index contributed by atoms with van der Waals surface area (Å²) in [6.45, 7) is 8.16. The van der Waals surface area contributed by atoms with Crippen LogP contribution in [0.25, 0.3) is 0 Å². The van der Waals surface area contributed by atoms with Crippen molar-refractivity contribution in [3.63, 3.8) is 0 Å². The second kappa shape index (κ2) is 6.54. The SMILES string of the molecule is CCc1nc(NN)c(C)c(Oc2ccccc2C(C)C)n1. The summed E-state index contributed by atoms with van der Waals surface area (Å²) < 4.78 is 6.04. The van der Waals surface area contributed by atoms with Gasteiger partial charge >= 0.3 is 0 Å². The summed E-state index contributed by atoms with van der Waals surface area (Å²) in [7, 11) is 0. The molecule has 0 fully saturated rings. The van der Waals surface area contributed by atoms with Gasteiger partial charge in [0.2, 0.25) is 5.88 Å². The Balaban J connectivity index is 2.44. The molecule has 0 bridgehead atoms. The van der Waals surface area contributed by atoms with Crippen molar-refractivity contribution in [1.82, 2.24) is 9.97 Å². The van der Waals surface area contributed by atoms with Gasteiger partial charge in [0.05, 0.1) is 5.56 Å². The standard InChI is InChI=1S/C16H22N4O/c1-5-14-18-15(20-17)11(4)16(19-14)21-13-9-7-6-8-12(13)10(2)3/h6-10H,5,17H2,1-4H3,(H,18,19,20). The molecule has 0 aliphatic rings. The first-order valence-electron chi connectivity index (χ1n) is 7.17. The maximum absolute atomic E-state index is 6.04. The van der Waals surface area contributed by atoms with E-state index >= 15 is 0 Å². The minimum absolute atomic E-state index is 0.376. The van der Waals surface area contributed by atoms with E-state index in [0.717, 1.165) is 23.3 Å². The van der Waals surface area contributed by atoms with Crippen molar-refractivity contribution in [2.75, 3.05) is 5.43 Å². The molecule has 0 saturated heterocycles. The third kappa shape index (κ3) is 3.31. The van der Waals surface area contributed by atoms with Gasteiger partial charge in [-0.05, 0) is 24.5 Å². The van der Waals surface area contributed by atoms with Crippen molar-refractivity contribution in [2.45, 2.75) is 40.0 Å². The van der Waals surface area contributed by atoms with E-state index in [4.69, 9.17) is 10.6 Å². The third-order valence-corrected chi connectivity index (χ3v) is 3.35. The predicted molar refractivity (Wildman–Crippen MR) is 84.6 cm³/mol. The fourth-order valence-corrected chi connectivity index (χ4v) is 2.09. The molecule has 2 rings (SSSR count). The lowest BCUT2D eigenvalue weighted by Gasteiger charge is -2.16. The van der Waals surface area contributed by atoms with E-state index in [1.807, 2.05) is 32.0 Å². The Bertz CT molecular complexity index is 626. The number of aromatic nitrogens is 2. The van der Waals surface area contributed by atoms with Gasteiger partial charge in [-0.1, -0.05) is 39.0 Å². The van der Waals surface area contributed by atoms with Crippen LogP contribution in [0.5, 0.6) is 11.6 Å². The third-order valence-electron chi connectivity index (χ3n) is 3.35. The molecule has 0 atom stereocenters. The normalized spacial score (nSPS) is 10.8. The summed E-state index contributed by atoms with van der Waals surface area (Å²) >= 11 is 0. The van der Waals surface area contributed by atoms with E-state index in [1.165, 1.54) is 0 Å². The number of hydrazine groups is 1. The summed E-state index contributed by atoms with van der Waals surface area (Å²) in [5.41, 5.74) is 4.55. The van der Waals surface area contributed by atoms with Gasteiger partial charge < -0.3 is 10.2 Å². The fourth-order valence-electron chi connectivity index (χ4n) is 2.09. The minimum atomic E-state index is 0.376. The summed E-state index contributed by atoms with van der Waals surface area (Å²) in [6.07, 6.45) is 0.719. The molecular formula is C16H22N4O. The topological polar surface area (TPSA) is 73.1 Å². The maximum atomic E-state index is 6.04. The van der Waals surface area contributed by atoms with Crippen molar-refractivity contribution < 1.29 is 4.74 Å². The molecule has 5 heteroatoms. The largest absolute Gasteiger partial charge is 0.438 e. The highest BCUT2D eigenvalue weighted by Crippen LogP contribution is 2.32. The molecule has 0 saturated carbocycles. The quantitative estimate of drug-likeness (QED) is 0.649. The summed E-state index contributed by atoms with van der Waals surface area (Å²) in [5.74, 6) is 8.55. The number of aryl methyl sites for hydroxylation is 1. The number of anilines is 1. The average Bonchev–Trinajstić information content (AvgIpc) is 2.49. The van der Waals surface area contributed by atoms with Crippen LogP contribution in [-0.4, -0.2) is 9.97 Å². The van der Waals surface area contributed by atoms with Crippen molar-refractivity contribution in [3.05, 3.63) is 41.2 Å². The van der Waals surface area contributed by atoms with Crippen LogP contribution in [0.4, 0.5) is 5.82 Å². The van der Waals surface area contributed by atoms with Crippen LogP contribution in [0, 0.1) is 6.92 Å². The second-order valence-corrected chi connectivity index (χ2v) is 5.21. The average molecular weight is 286 g/mol. The van der Waals surface area contributed by atoms with Crippen LogP contribution in [0.3, 0.4) is 0 Å². The molecule has 0 spiro atoms. The van der Waals surface area contributed by atoms with E-state index < -0.39 is 0 Å². The Labute approximate surface area is 125 Å². The minimum Gasteiger partial charge on any atom is -0.438 e. The van der Waals surface area contributed by atoms with Gasteiger partial charge in [0, 0.05) is 6.42 Å². The van der Waals surface area contributed by atoms with Crippen LogP contribution in [0.15, 0.2) is 24.3 Å². The molecule has 1 heterocycles. The highest BCUT2D eigenvalue weighted by molar-refractivity contribution is 5.49. The molecule has 0 aliphatic heterocycles. The van der Waals surface area contributed by atoms with Crippen molar-refractivity contribution in [3.8, 4) is 11.6 Å². The number of nitrogens with one attached hydrogen (secondary N) is 1. The number of nitrogen functional groups attached to an aromatic ring is 1. The lowest BCUT2D eigenvalue weighted by molar-refractivity contribution is 0.447. The summed E-state index contributed by atoms with van der Waals surface area (Å²) in [4.78, 5) is 8.81. The Morgan fingerprint density at radius 1 is 1.24 bits per heavy atom. The van der Waals surface area contributed by atoms with Crippen LogP contribution >= 0.6 is 0 Å². The predicted octanol–water partition coefficient (Wildman–Crippen LogP) is 3.55. The summed E-state index contributed by atoms with van der Waals surface area (Å²) in [5, 5.41) is 0. The first-order valence-corrected chi connectivity index (χ1v) is 7.17. The van der Waals surface area contributed by atoms with Gasteiger partial charge in [-0.2, -0.15) is 4.98 Å². The molecule has 0 unspecified atom stereocenters. The summed E-state index contributed by atoms with van der Waals surface area (Å²) in [6, 6.07) is 8.00. The van der Waals surface area contributed by atoms with Crippen molar-refractivity contribution in [1.29, 1.82) is 0 Å². The molecule has 0 radical (unpaired) electrons. The smallest absolute Gasteiger partial charge is 0.227 e. The number of nitrogens with zero attached hydrogens (tertiary/aromatic N) is 2. The lowest BCUT2D eigenvalue weighted by Crippen LogP contribution is -2.13. The van der Waals surface area contributed by atoms with Gasteiger partial charge in [-0.25, -0.2) is 10.8 Å². The Kier molecular flexibility index (Phi) is 4.75. The Hall–Kier alpha value is -2.14. The number of para-hydroxylation sites is 1. The number of hydrogen-bond acceptors (Lipinski definition) is 5. The molecule has 1 aromatic heterocycles. The molecule has 1 aromatic carbocycles. The highest BCUT2D eigenvalue weighted by atomic mass is 16.5. The molecule has 112 valence electrons. The molecule has 5 nitrogen and oxygen atoms in total. The van der Waals surface area contributed by atoms with Gasteiger partial charge in [0.1, 0.15) is 17.4 Å². The monoisotopic (exact) mass is 286 g/mol. The maximum Gasteiger partial charge on any atom is 0.227 e. The Morgan fingerprint density at radius 3 is 2.57 bits per heavy atom. The molecular weight excluding hydrogens is 264 g/mol. The Morgan fingerprint density at radius 2 is 1.95 bits per heavy atom. The molecule has 21 heavy (non-hydrogen) atoms. The number of nitrogens with two attached hydrogens (primary N) is 1.